The van der Waals surface area contributed by atoms with Gasteiger partial charge in [-0.15, -0.1) is 10.2 Å². The van der Waals surface area contributed by atoms with E-state index in [0.717, 1.165) is 36.7 Å². The minimum absolute atomic E-state index is 0.269. The van der Waals surface area contributed by atoms with Crippen LogP contribution < -0.4 is 10.6 Å². The number of carbonyl (C=O) groups is 1. The molecule has 0 saturated carbocycles. The Morgan fingerprint density at radius 1 is 1.03 bits per heavy atom. The zero-order chi connectivity index (χ0) is 20.5. The molecule has 1 fully saturated rings. The highest BCUT2D eigenvalue weighted by Crippen LogP contribution is 2.22. The summed E-state index contributed by atoms with van der Waals surface area (Å²) < 4.78 is 3.40. The number of amides is 1. The van der Waals surface area contributed by atoms with Crippen LogP contribution in [0.4, 0.5) is 5.82 Å². The Balaban J connectivity index is 1.35. The number of rotatable bonds is 4. The Labute approximate surface area is 171 Å². The van der Waals surface area contributed by atoms with Crippen molar-refractivity contribution in [3.63, 3.8) is 0 Å². The van der Waals surface area contributed by atoms with E-state index in [-0.39, 0.29) is 17.6 Å². The maximum absolute atomic E-state index is 12.6. The van der Waals surface area contributed by atoms with Gasteiger partial charge in [0.1, 0.15) is 11.5 Å². The van der Waals surface area contributed by atoms with E-state index in [2.05, 4.69) is 41.2 Å². The molecule has 1 saturated heterocycles. The second-order valence-corrected chi connectivity index (χ2v) is 7.28. The smallest absolute Gasteiger partial charge is 0.278 e. The van der Waals surface area contributed by atoms with E-state index in [1.807, 2.05) is 6.07 Å². The molecule has 1 aliphatic heterocycles. The van der Waals surface area contributed by atoms with Gasteiger partial charge in [0.2, 0.25) is 0 Å². The Morgan fingerprint density at radius 2 is 1.87 bits per heavy atom. The van der Waals surface area contributed by atoms with Gasteiger partial charge >= 0.3 is 0 Å². The average molecular weight is 404 g/mol. The summed E-state index contributed by atoms with van der Waals surface area (Å²) in [6.07, 6.45) is 8.83. The fourth-order valence-corrected chi connectivity index (χ4v) is 3.52. The summed E-state index contributed by atoms with van der Waals surface area (Å²) in [5.41, 5.74) is 1.64. The third-order valence-corrected chi connectivity index (χ3v) is 5.14. The van der Waals surface area contributed by atoms with Gasteiger partial charge in [0.15, 0.2) is 5.69 Å². The molecule has 0 radical (unpaired) electrons. The number of hydrogen-bond acceptors (Lipinski definition) is 8. The molecule has 4 aromatic rings. The molecule has 0 bridgehead atoms. The molecule has 4 aromatic heterocycles. The number of aryl methyl sites for hydroxylation is 1. The lowest BCUT2D eigenvalue weighted by atomic mass is 10.1. The molecule has 152 valence electrons. The summed E-state index contributed by atoms with van der Waals surface area (Å²) in [5.74, 6) is 0.0884. The molecular weight excluding hydrogens is 384 g/mol. The second kappa shape index (κ2) is 7.59. The topological polar surface area (TPSA) is 128 Å². The third-order valence-electron chi connectivity index (χ3n) is 5.14. The minimum atomic E-state index is -0.342. The number of fused-ring (bicyclic) bond motifs is 1. The van der Waals surface area contributed by atoms with Crippen LogP contribution in [0.15, 0.2) is 36.9 Å². The van der Waals surface area contributed by atoms with E-state index in [1.54, 1.807) is 47.3 Å². The van der Waals surface area contributed by atoms with Crippen molar-refractivity contribution in [3.8, 4) is 11.4 Å². The van der Waals surface area contributed by atoms with Crippen LogP contribution in [0.25, 0.3) is 22.2 Å². The minimum Gasteiger partial charge on any atom is -0.317 e. The second-order valence-electron chi connectivity index (χ2n) is 7.28. The number of anilines is 1. The van der Waals surface area contributed by atoms with Crippen LogP contribution >= 0.6 is 0 Å². The lowest BCUT2D eigenvalue weighted by Crippen LogP contribution is -2.29. The first kappa shape index (κ1) is 18.3. The molecule has 0 aromatic carbocycles. The van der Waals surface area contributed by atoms with Gasteiger partial charge in [-0.25, -0.2) is 9.67 Å². The predicted molar refractivity (Wildman–Crippen MR) is 109 cm³/mol. The molecule has 5 rings (SSSR count). The van der Waals surface area contributed by atoms with Crippen LogP contribution in [0, 0.1) is 0 Å². The monoisotopic (exact) mass is 404 g/mol. The molecule has 11 nitrogen and oxygen atoms in total. The molecule has 0 aliphatic carbocycles. The number of nitrogens with zero attached hydrogens (tertiary/aromatic N) is 8. The lowest BCUT2D eigenvalue weighted by molar-refractivity contribution is 0.102. The number of pyridine rings is 2. The van der Waals surface area contributed by atoms with E-state index in [1.165, 1.54) is 0 Å². The van der Waals surface area contributed by atoms with E-state index < -0.39 is 0 Å². The molecule has 11 heteroatoms. The fraction of sp³-hybridized carbons (Fsp3) is 0.316. The van der Waals surface area contributed by atoms with Gasteiger partial charge in [0.25, 0.3) is 5.91 Å². The van der Waals surface area contributed by atoms with E-state index in [9.17, 15) is 4.79 Å². The largest absolute Gasteiger partial charge is 0.317 e. The molecule has 0 unspecified atom stereocenters. The maximum Gasteiger partial charge on any atom is 0.278 e. The zero-order valence-electron chi connectivity index (χ0n) is 16.4. The number of hydrogen-bond donors (Lipinski definition) is 2. The van der Waals surface area contributed by atoms with E-state index in [0.29, 0.717) is 17.2 Å². The van der Waals surface area contributed by atoms with Crippen molar-refractivity contribution in [2.24, 2.45) is 7.05 Å². The predicted octanol–water partition coefficient (Wildman–Crippen LogP) is 1.19. The highest BCUT2D eigenvalue weighted by molar-refractivity contribution is 6.03. The zero-order valence-corrected chi connectivity index (χ0v) is 16.4. The summed E-state index contributed by atoms with van der Waals surface area (Å²) in [6, 6.07) is 3.96. The number of aromatic nitrogens is 8. The molecule has 0 atom stereocenters. The fourth-order valence-electron chi connectivity index (χ4n) is 3.52. The summed E-state index contributed by atoms with van der Waals surface area (Å²) in [5, 5.41) is 24.0. The number of piperidine rings is 1. The first-order chi connectivity index (χ1) is 14.7. The van der Waals surface area contributed by atoms with Crippen molar-refractivity contribution in [1.82, 2.24) is 45.3 Å². The number of nitrogens with one attached hydrogen (secondary N) is 2. The molecule has 1 amide bonds. The molecule has 30 heavy (non-hydrogen) atoms. The molecule has 0 spiro atoms. The average Bonchev–Trinajstić information content (AvgIpc) is 3.43. The summed E-state index contributed by atoms with van der Waals surface area (Å²) in [6.45, 7) is 1.89. The van der Waals surface area contributed by atoms with Crippen LogP contribution in [0.1, 0.15) is 29.4 Å². The Morgan fingerprint density at radius 3 is 2.67 bits per heavy atom. The van der Waals surface area contributed by atoms with Crippen LogP contribution in [0.5, 0.6) is 0 Å². The van der Waals surface area contributed by atoms with Crippen molar-refractivity contribution in [3.05, 3.63) is 42.6 Å². The number of carbonyl (C=O) groups excluding carboxylic acids is 1. The van der Waals surface area contributed by atoms with Gasteiger partial charge in [-0.3, -0.25) is 14.5 Å². The maximum atomic E-state index is 12.6. The molecule has 2 N–H and O–H groups in total. The molecule has 5 heterocycles. The Kier molecular flexibility index (Phi) is 4.64. The Hall–Kier alpha value is -3.73. The van der Waals surface area contributed by atoms with E-state index >= 15 is 0 Å². The van der Waals surface area contributed by atoms with Gasteiger partial charge in [0, 0.05) is 24.8 Å². The third kappa shape index (κ3) is 3.62. The van der Waals surface area contributed by atoms with Gasteiger partial charge in [-0.1, -0.05) is 10.4 Å². The summed E-state index contributed by atoms with van der Waals surface area (Å²) >= 11 is 0. The van der Waals surface area contributed by atoms with Crippen LogP contribution in [0.2, 0.25) is 0 Å². The van der Waals surface area contributed by atoms with Crippen LogP contribution in [0.3, 0.4) is 0 Å². The van der Waals surface area contributed by atoms with Crippen LogP contribution in [-0.4, -0.2) is 59.0 Å². The lowest BCUT2D eigenvalue weighted by Gasteiger charge is -2.22. The normalized spacial score (nSPS) is 14.8. The summed E-state index contributed by atoms with van der Waals surface area (Å²) in [7, 11) is 1.80. The standard InChI is InChI=1S/C19H20N10O/c1-28-10-16(24-26-28)15-6-12-7-18(22-9-13(12)8-21-15)23-19(30)17-11-29(27-25-17)14-2-4-20-5-3-14/h6-11,14,20H,2-5H2,1H3,(H,22,23,30). The SMILES string of the molecule is Cn1cc(-c2cc3cc(NC(=O)c4cn(C5CCNCC5)nn4)ncc3cn2)nn1. The quantitative estimate of drug-likeness (QED) is 0.519. The highest BCUT2D eigenvalue weighted by atomic mass is 16.2. The van der Waals surface area contributed by atoms with Gasteiger partial charge in [-0.05, 0) is 43.5 Å². The van der Waals surface area contributed by atoms with Crippen molar-refractivity contribution in [2.75, 3.05) is 18.4 Å². The molecular formula is C19H20N10O. The van der Waals surface area contributed by atoms with Crippen molar-refractivity contribution in [2.45, 2.75) is 18.9 Å². The van der Waals surface area contributed by atoms with Gasteiger partial charge in [-0.2, -0.15) is 0 Å². The Bertz CT molecular complexity index is 1210. The van der Waals surface area contributed by atoms with Crippen molar-refractivity contribution >= 4 is 22.5 Å². The first-order valence-electron chi connectivity index (χ1n) is 9.72. The highest BCUT2D eigenvalue weighted by Gasteiger charge is 2.19. The summed E-state index contributed by atoms with van der Waals surface area (Å²) in [4.78, 5) is 21.3. The van der Waals surface area contributed by atoms with Crippen molar-refractivity contribution < 1.29 is 4.79 Å². The van der Waals surface area contributed by atoms with Gasteiger partial charge in [0.05, 0.1) is 24.1 Å². The van der Waals surface area contributed by atoms with Crippen LogP contribution in [-0.2, 0) is 7.05 Å². The van der Waals surface area contributed by atoms with E-state index in [4.69, 9.17) is 0 Å². The van der Waals surface area contributed by atoms with Gasteiger partial charge < -0.3 is 10.6 Å². The molecule has 1 aliphatic rings. The van der Waals surface area contributed by atoms with Crippen molar-refractivity contribution in [1.29, 1.82) is 0 Å². The first-order valence-corrected chi connectivity index (χ1v) is 9.72.